The highest BCUT2D eigenvalue weighted by atomic mass is 16.4. The van der Waals surface area contributed by atoms with Gasteiger partial charge in [-0.15, -0.1) is 11.8 Å². The number of aliphatic carboxylic acids is 1. The molecule has 0 atom stereocenters. The quantitative estimate of drug-likeness (QED) is 0.547. The van der Waals surface area contributed by atoms with Crippen LogP contribution >= 0.6 is 0 Å². The predicted molar refractivity (Wildman–Crippen MR) is 56.5 cm³/mol. The summed E-state index contributed by atoms with van der Waals surface area (Å²) in [5.41, 5.74) is 1.15. The van der Waals surface area contributed by atoms with E-state index in [9.17, 15) is 4.79 Å². The zero-order chi connectivity index (χ0) is 11.0. The third-order valence-corrected chi connectivity index (χ3v) is 1.75. The molecule has 2 heteroatoms. The second-order valence-electron chi connectivity index (χ2n) is 2.77. The molecule has 0 aliphatic carbocycles. The van der Waals surface area contributed by atoms with Gasteiger partial charge in [-0.25, -0.2) is 4.79 Å². The highest BCUT2D eigenvalue weighted by Crippen LogP contribution is 2.11. The van der Waals surface area contributed by atoms with E-state index in [0.717, 1.165) is 5.57 Å². The molecule has 0 aromatic heterocycles. The van der Waals surface area contributed by atoms with Crippen LogP contribution in [0.15, 0.2) is 11.1 Å². The summed E-state index contributed by atoms with van der Waals surface area (Å²) in [6, 6.07) is 0. The van der Waals surface area contributed by atoms with Gasteiger partial charge in [0.2, 0.25) is 0 Å². The summed E-state index contributed by atoms with van der Waals surface area (Å²) in [6.07, 6.45) is 0.798. The summed E-state index contributed by atoms with van der Waals surface area (Å²) in [5, 5.41) is 8.90. The second-order valence-corrected chi connectivity index (χ2v) is 2.77. The van der Waals surface area contributed by atoms with Crippen molar-refractivity contribution in [2.75, 3.05) is 0 Å². The Morgan fingerprint density at radius 1 is 1.14 bits per heavy atom. The molecule has 74 valence electrons. The molecule has 0 aliphatic heterocycles. The Morgan fingerprint density at radius 2 is 1.64 bits per heavy atom. The lowest BCUT2D eigenvalue weighted by Gasteiger charge is -2.01. The van der Waals surface area contributed by atoms with Crippen molar-refractivity contribution < 1.29 is 9.90 Å². The van der Waals surface area contributed by atoms with Gasteiger partial charge in [0.25, 0.3) is 0 Å². The molecule has 0 aliphatic rings. The maximum absolute atomic E-state index is 10.8. The van der Waals surface area contributed by atoms with Crippen molar-refractivity contribution in [3.63, 3.8) is 0 Å². The fourth-order valence-corrected chi connectivity index (χ4v) is 0.913. The highest BCUT2D eigenvalue weighted by molar-refractivity contribution is 5.88. The number of carboxylic acid groups (broad SMARTS) is 1. The van der Waals surface area contributed by atoms with Crippen LogP contribution in [0.4, 0.5) is 0 Å². The summed E-state index contributed by atoms with van der Waals surface area (Å²) in [6.45, 7) is 5.21. The molecular weight excluding hydrogens is 176 g/mol. The first-order valence-corrected chi connectivity index (χ1v) is 4.34. The second kappa shape index (κ2) is 6.80. The summed E-state index contributed by atoms with van der Waals surface area (Å²) >= 11 is 0. The molecule has 0 aromatic rings. The van der Waals surface area contributed by atoms with E-state index in [4.69, 9.17) is 5.11 Å². The van der Waals surface area contributed by atoms with Crippen LogP contribution in [0.25, 0.3) is 0 Å². The van der Waals surface area contributed by atoms with Gasteiger partial charge in [-0.1, -0.05) is 11.8 Å². The van der Waals surface area contributed by atoms with Gasteiger partial charge >= 0.3 is 5.97 Å². The highest BCUT2D eigenvalue weighted by Gasteiger charge is 2.08. The lowest BCUT2D eigenvalue weighted by atomic mass is 10.0. The van der Waals surface area contributed by atoms with Crippen molar-refractivity contribution in [2.24, 2.45) is 0 Å². The van der Waals surface area contributed by atoms with E-state index in [2.05, 4.69) is 23.7 Å². The normalized spacial score (nSPS) is 10.2. The fourth-order valence-electron chi connectivity index (χ4n) is 0.913. The molecule has 0 saturated carbocycles. The molecule has 0 amide bonds. The number of carboxylic acids is 1. The van der Waals surface area contributed by atoms with Crippen molar-refractivity contribution >= 4 is 5.97 Å². The van der Waals surface area contributed by atoms with Gasteiger partial charge in [-0.2, -0.15) is 0 Å². The SMILES string of the molecule is CC#CCC(C)=C(CC#CC)C(=O)O. The summed E-state index contributed by atoms with van der Waals surface area (Å²) < 4.78 is 0. The Morgan fingerprint density at radius 3 is 2.07 bits per heavy atom. The lowest BCUT2D eigenvalue weighted by Crippen LogP contribution is -2.02. The summed E-state index contributed by atoms with van der Waals surface area (Å²) in [5.74, 6) is 10.1. The van der Waals surface area contributed by atoms with E-state index >= 15 is 0 Å². The van der Waals surface area contributed by atoms with Gasteiger partial charge in [-0.05, 0) is 26.3 Å². The Bertz CT molecular complexity index is 353. The van der Waals surface area contributed by atoms with E-state index in [1.54, 1.807) is 20.8 Å². The monoisotopic (exact) mass is 190 g/mol. The van der Waals surface area contributed by atoms with Crippen molar-refractivity contribution in [3.8, 4) is 23.7 Å². The minimum atomic E-state index is -0.900. The first kappa shape index (κ1) is 12.3. The Labute approximate surface area is 85.0 Å². The molecular formula is C12H14O2. The van der Waals surface area contributed by atoms with E-state index in [1.165, 1.54) is 0 Å². The number of rotatable bonds is 3. The average molecular weight is 190 g/mol. The zero-order valence-electron chi connectivity index (χ0n) is 8.77. The molecule has 0 bridgehead atoms. The zero-order valence-corrected chi connectivity index (χ0v) is 8.77. The molecule has 14 heavy (non-hydrogen) atoms. The van der Waals surface area contributed by atoms with Crippen molar-refractivity contribution in [1.82, 2.24) is 0 Å². The van der Waals surface area contributed by atoms with Crippen LogP contribution in [0.1, 0.15) is 33.6 Å². The molecule has 2 nitrogen and oxygen atoms in total. The van der Waals surface area contributed by atoms with Crippen LogP contribution in [-0.4, -0.2) is 11.1 Å². The van der Waals surface area contributed by atoms with Crippen LogP contribution in [0.3, 0.4) is 0 Å². The number of hydrogen-bond acceptors (Lipinski definition) is 1. The predicted octanol–water partition coefficient (Wildman–Crippen LogP) is 2.21. The molecule has 0 saturated heterocycles. The molecule has 0 heterocycles. The first-order chi connectivity index (χ1) is 6.63. The molecule has 0 spiro atoms. The standard InChI is InChI=1S/C12H14O2/c1-4-6-8-10(3)11(12(13)14)9-7-5-2/h8-9H2,1-3H3,(H,13,14). The van der Waals surface area contributed by atoms with Gasteiger partial charge in [-0.3, -0.25) is 0 Å². The smallest absolute Gasteiger partial charge is 0.332 e. The Hall–Kier alpha value is -1.67. The van der Waals surface area contributed by atoms with Gasteiger partial charge in [0, 0.05) is 18.4 Å². The van der Waals surface area contributed by atoms with Crippen LogP contribution < -0.4 is 0 Å². The largest absolute Gasteiger partial charge is 0.478 e. The van der Waals surface area contributed by atoms with Gasteiger partial charge < -0.3 is 5.11 Å². The van der Waals surface area contributed by atoms with Gasteiger partial charge in [0.05, 0.1) is 0 Å². The summed E-state index contributed by atoms with van der Waals surface area (Å²) in [4.78, 5) is 10.8. The molecule has 0 rings (SSSR count). The number of allylic oxidation sites excluding steroid dienone is 1. The van der Waals surface area contributed by atoms with Crippen molar-refractivity contribution in [2.45, 2.75) is 33.6 Å². The number of carbonyl (C=O) groups is 1. The van der Waals surface area contributed by atoms with Gasteiger partial charge in [0.1, 0.15) is 0 Å². The minimum absolute atomic E-state index is 0.295. The Kier molecular flexibility index (Phi) is 5.99. The van der Waals surface area contributed by atoms with E-state index in [-0.39, 0.29) is 0 Å². The summed E-state index contributed by atoms with van der Waals surface area (Å²) in [7, 11) is 0. The van der Waals surface area contributed by atoms with Crippen molar-refractivity contribution in [1.29, 1.82) is 0 Å². The molecule has 0 radical (unpaired) electrons. The van der Waals surface area contributed by atoms with Crippen molar-refractivity contribution in [3.05, 3.63) is 11.1 Å². The maximum atomic E-state index is 10.8. The maximum Gasteiger partial charge on any atom is 0.332 e. The first-order valence-electron chi connectivity index (χ1n) is 4.34. The van der Waals surface area contributed by atoms with Crippen LogP contribution in [0.2, 0.25) is 0 Å². The molecule has 1 N–H and O–H groups in total. The van der Waals surface area contributed by atoms with Crippen LogP contribution in [0, 0.1) is 23.7 Å². The van der Waals surface area contributed by atoms with E-state index in [0.29, 0.717) is 18.4 Å². The molecule has 0 unspecified atom stereocenters. The molecule has 0 aromatic carbocycles. The number of hydrogen-bond donors (Lipinski definition) is 1. The van der Waals surface area contributed by atoms with Crippen LogP contribution in [0.5, 0.6) is 0 Å². The third kappa shape index (κ3) is 4.38. The van der Waals surface area contributed by atoms with Gasteiger partial charge in [0.15, 0.2) is 0 Å². The molecule has 0 fully saturated rings. The van der Waals surface area contributed by atoms with Crippen LogP contribution in [-0.2, 0) is 4.79 Å². The fraction of sp³-hybridized carbons (Fsp3) is 0.417. The lowest BCUT2D eigenvalue weighted by molar-refractivity contribution is -0.132. The Balaban J connectivity index is 4.78. The minimum Gasteiger partial charge on any atom is -0.478 e. The average Bonchev–Trinajstić information content (AvgIpc) is 2.14. The van der Waals surface area contributed by atoms with E-state index in [1.807, 2.05) is 0 Å². The van der Waals surface area contributed by atoms with E-state index < -0.39 is 5.97 Å². The third-order valence-electron chi connectivity index (χ3n) is 1.75. The topological polar surface area (TPSA) is 37.3 Å².